The lowest BCUT2D eigenvalue weighted by atomic mass is 9.85. The fourth-order valence-electron chi connectivity index (χ4n) is 2.49. The molecule has 2 unspecified atom stereocenters. The first-order chi connectivity index (χ1) is 6.64. The second-order valence-electron chi connectivity index (χ2n) is 4.38. The van der Waals surface area contributed by atoms with Crippen LogP contribution in [0, 0.1) is 5.92 Å². The van der Waals surface area contributed by atoms with Crippen molar-refractivity contribution >= 4 is 17.7 Å². The van der Waals surface area contributed by atoms with E-state index in [2.05, 4.69) is 12.2 Å². The molecule has 1 spiro atoms. The van der Waals surface area contributed by atoms with Crippen molar-refractivity contribution < 1.29 is 9.90 Å². The van der Waals surface area contributed by atoms with Crippen molar-refractivity contribution in [2.75, 3.05) is 5.75 Å². The van der Waals surface area contributed by atoms with Crippen LogP contribution in [0.25, 0.3) is 0 Å². The molecule has 1 saturated heterocycles. The van der Waals surface area contributed by atoms with E-state index in [1.54, 1.807) is 0 Å². The molecule has 0 aromatic heterocycles. The van der Waals surface area contributed by atoms with Crippen LogP contribution in [0.3, 0.4) is 0 Å². The summed E-state index contributed by atoms with van der Waals surface area (Å²) in [4.78, 5) is 10.9. The van der Waals surface area contributed by atoms with E-state index in [0.29, 0.717) is 5.92 Å². The molecule has 0 amide bonds. The van der Waals surface area contributed by atoms with Gasteiger partial charge in [0.15, 0.2) is 0 Å². The molecule has 2 fully saturated rings. The van der Waals surface area contributed by atoms with Crippen LogP contribution >= 0.6 is 11.8 Å². The van der Waals surface area contributed by atoms with Crippen molar-refractivity contribution in [2.24, 2.45) is 5.92 Å². The second kappa shape index (κ2) is 3.74. The zero-order valence-corrected chi connectivity index (χ0v) is 9.27. The van der Waals surface area contributed by atoms with E-state index in [1.165, 1.54) is 19.3 Å². The molecule has 4 heteroatoms. The summed E-state index contributed by atoms with van der Waals surface area (Å²) in [6.45, 7) is 2.24. The fourth-order valence-corrected chi connectivity index (χ4v) is 4.10. The van der Waals surface area contributed by atoms with Crippen LogP contribution in [0.2, 0.25) is 0 Å². The Morgan fingerprint density at radius 1 is 1.57 bits per heavy atom. The molecular weight excluding hydrogens is 198 g/mol. The van der Waals surface area contributed by atoms with Crippen molar-refractivity contribution in [1.29, 1.82) is 0 Å². The highest BCUT2D eigenvalue weighted by Crippen LogP contribution is 2.45. The molecule has 2 N–H and O–H groups in total. The van der Waals surface area contributed by atoms with Gasteiger partial charge in [-0.05, 0) is 18.8 Å². The van der Waals surface area contributed by atoms with Crippen LogP contribution in [0.1, 0.15) is 32.6 Å². The van der Waals surface area contributed by atoms with Gasteiger partial charge in [-0.3, -0.25) is 10.1 Å². The van der Waals surface area contributed by atoms with E-state index in [-0.39, 0.29) is 10.9 Å². The minimum Gasteiger partial charge on any atom is -0.480 e. The number of carbonyl (C=O) groups is 1. The van der Waals surface area contributed by atoms with Crippen LogP contribution in [0.15, 0.2) is 0 Å². The zero-order chi connectivity index (χ0) is 10.2. The van der Waals surface area contributed by atoms with Gasteiger partial charge in [0.2, 0.25) is 0 Å². The largest absolute Gasteiger partial charge is 0.480 e. The number of carboxylic acid groups (broad SMARTS) is 1. The molecule has 14 heavy (non-hydrogen) atoms. The van der Waals surface area contributed by atoms with E-state index in [4.69, 9.17) is 5.11 Å². The molecule has 2 aliphatic rings. The van der Waals surface area contributed by atoms with E-state index >= 15 is 0 Å². The number of carboxylic acids is 1. The average molecular weight is 215 g/mol. The molecular formula is C10H17NO2S. The first kappa shape index (κ1) is 10.3. The van der Waals surface area contributed by atoms with Gasteiger partial charge in [0.05, 0.1) is 4.87 Å². The van der Waals surface area contributed by atoms with Crippen molar-refractivity contribution in [3.8, 4) is 0 Å². The smallest absolute Gasteiger partial charge is 0.321 e. The van der Waals surface area contributed by atoms with Gasteiger partial charge in [0.1, 0.15) is 6.04 Å². The molecule has 0 radical (unpaired) electrons. The van der Waals surface area contributed by atoms with Gasteiger partial charge in [-0.15, -0.1) is 11.8 Å². The third-order valence-corrected chi connectivity index (χ3v) is 5.20. The standard InChI is InChI=1S/C10H17NO2S/c1-7-4-2-3-5-10(7)11-8(6-14-10)9(12)13/h7-8,11H,2-6H2,1H3,(H,12,13)/t7?,8-,10?/m1/s1. The third-order valence-electron chi connectivity index (χ3n) is 3.46. The maximum Gasteiger partial charge on any atom is 0.321 e. The lowest BCUT2D eigenvalue weighted by Crippen LogP contribution is -2.50. The normalized spacial score (nSPS) is 42.9. The van der Waals surface area contributed by atoms with Gasteiger partial charge in [-0.2, -0.15) is 0 Å². The summed E-state index contributed by atoms with van der Waals surface area (Å²) >= 11 is 1.82. The summed E-state index contributed by atoms with van der Waals surface area (Å²) in [5.41, 5.74) is 0. The molecule has 2 rings (SSSR count). The van der Waals surface area contributed by atoms with Gasteiger partial charge in [0.25, 0.3) is 0 Å². The minimum atomic E-state index is -0.702. The monoisotopic (exact) mass is 215 g/mol. The predicted octanol–water partition coefficient (Wildman–Crippen LogP) is 1.68. The lowest BCUT2D eigenvalue weighted by molar-refractivity contribution is -0.139. The highest BCUT2D eigenvalue weighted by atomic mass is 32.2. The quantitative estimate of drug-likeness (QED) is 0.699. The summed E-state index contributed by atoms with van der Waals surface area (Å²) in [6.07, 6.45) is 4.88. The maximum absolute atomic E-state index is 10.9. The van der Waals surface area contributed by atoms with Crippen LogP contribution in [0.5, 0.6) is 0 Å². The van der Waals surface area contributed by atoms with Gasteiger partial charge < -0.3 is 5.11 Å². The third kappa shape index (κ3) is 1.65. The van der Waals surface area contributed by atoms with Crippen molar-refractivity contribution in [1.82, 2.24) is 5.32 Å². The van der Waals surface area contributed by atoms with Gasteiger partial charge in [-0.25, -0.2) is 0 Å². The molecule has 1 heterocycles. The molecule has 1 aliphatic carbocycles. The van der Waals surface area contributed by atoms with E-state index in [1.807, 2.05) is 11.8 Å². The number of rotatable bonds is 1. The first-order valence-electron chi connectivity index (χ1n) is 5.28. The zero-order valence-electron chi connectivity index (χ0n) is 8.45. The Bertz CT molecular complexity index is 246. The molecule has 0 bridgehead atoms. The topological polar surface area (TPSA) is 49.3 Å². The summed E-state index contributed by atoms with van der Waals surface area (Å²) in [5, 5.41) is 12.3. The number of nitrogens with one attached hydrogen (secondary N) is 1. The highest BCUT2D eigenvalue weighted by Gasteiger charge is 2.46. The Kier molecular flexibility index (Phi) is 2.75. The molecule has 80 valence electrons. The summed E-state index contributed by atoms with van der Waals surface area (Å²) < 4.78 is 0. The van der Waals surface area contributed by atoms with Gasteiger partial charge in [0, 0.05) is 5.75 Å². The SMILES string of the molecule is CC1CCCCC12N[C@@H](C(=O)O)CS2. The Hall–Kier alpha value is -0.220. The predicted molar refractivity (Wildman–Crippen MR) is 57.4 cm³/mol. The average Bonchev–Trinajstić information content (AvgIpc) is 2.56. The maximum atomic E-state index is 10.9. The highest BCUT2D eigenvalue weighted by molar-refractivity contribution is 8.01. The lowest BCUT2D eigenvalue weighted by Gasteiger charge is -2.39. The number of thioether (sulfide) groups is 1. The molecule has 1 saturated carbocycles. The Balaban J connectivity index is 2.06. The summed E-state index contributed by atoms with van der Waals surface area (Å²) in [6, 6.07) is -0.333. The van der Waals surface area contributed by atoms with Crippen LogP contribution in [-0.4, -0.2) is 27.7 Å². The minimum absolute atomic E-state index is 0.0707. The van der Waals surface area contributed by atoms with Crippen molar-refractivity contribution in [3.63, 3.8) is 0 Å². The van der Waals surface area contributed by atoms with E-state index < -0.39 is 5.97 Å². The molecule has 1 aliphatic heterocycles. The molecule has 0 aromatic carbocycles. The Labute approximate surface area is 88.6 Å². The Morgan fingerprint density at radius 3 is 2.93 bits per heavy atom. The van der Waals surface area contributed by atoms with Crippen LogP contribution in [-0.2, 0) is 4.79 Å². The molecule has 3 nitrogen and oxygen atoms in total. The number of hydrogen-bond acceptors (Lipinski definition) is 3. The molecule has 0 aromatic rings. The fraction of sp³-hybridized carbons (Fsp3) is 0.900. The van der Waals surface area contributed by atoms with E-state index in [0.717, 1.165) is 12.2 Å². The summed E-state index contributed by atoms with van der Waals surface area (Å²) in [7, 11) is 0. The van der Waals surface area contributed by atoms with Crippen LogP contribution < -0.4 is 5.32 Å². The van der Waals surface area contributed by atoms with Gasteiger partial charge >= 0.3 is 5.97 Å². The number of aliphatic carboxylic acids is 1. The second-order valence-corrected chi connectivity index (χ2v) is 5.73. The van der Waals surface area contributed by atoms with Gasteiger partial charge in [-0.1, -0.05) is 19.8 Å². The number of hydrogen-bond donors (Lipinski definition) is 2. The Morgan fingerprint density at radius 2 is 2.36 bits per heavy atom. The van der Waals surface area contributed by atoms with Crippen LogP contribution in [0.4, 0.5) is 0 Å². The van der Waals surface area contributed by atoms with Crippen molar-refractivity contribution in [3.05, 3.63) is 0 Å². The first-order valence-corrected chi connectivity index (χ1v) is 6.27. The van der Waals surface area contributed by atoms with Crippen molar-refractivity contribution in [2.45, 2.75) is 43.5 Å². The molecule has 3 atom stereocenters. The van der Waals surface area contributed by atoms with E-state index in [9.17, 15) is 4.79 Å². The summed E-state index contributed by atoms with van der Waals surface area (Å²) in [5.74, 6) is 0.623.